The number of nitrogens with two attached hydrogens (primary N) is 1. The molecule has 14 heavy (non-hydrogen) atoms. The predicted octanol–water partition coefficient (Wildman–Crippen LogP) is 1.88. The van der Waals surface area contributed by atoms with Crippen LogP contribution in [-0.4, -0.2) is 18.1 Å². The molecule has 0 aliphatic carbocycles. The van der Waals surface area contributed by atoms with Crippen LogP contribution in [0.25, 0.3) is 0 Å². The van der Waals surface area contributed by atoms with Gasteiger partial charge in [-0.15, -0.1) is 0 Å². The average Bonchev–Trinajstić information content (AvgIpc) is 2.16. The maximum atomic E-state index is 13.2. The molecule has 1 atom stereocenters. The Morgan fingerprint density at radius 3 is 3.00 bits per heavy atom. The van der Waals surface area contributed by atoms with E-state index in [1.807, 2.05) is 6.92 Å². The summed E-state index contributed by atoms with van der Waals surface area (Å²) in [6.45, 7) is 3.13. The van der Waals surface area contributed by atoms with E-state index in [0.717, 1.165) is 0 Å². The number of rotatable bonds is 4. The van der Waals surface area contributed by atoms with Gasteiger partial charge in [-0.1, -0.05) is 18.5 Å². The molecule has 0 aliphatic heterocycles. The molecule has 1 aromatic rings. The molecule has 0 radical (unpaired) electrons. The monoisotopic (exact) mass is 217 g/mol. The Bertz CT molecular complexity index is 306. The lowest BCUT2D eigenvalue weighted by atomic mass is 10.2. The van der Waals surface area contributed by atoms with Crippen molar-refractivity contribution >= 4 is 17.4 Å². The van der Waals surface area contributed by atoms with Crippen LogP contribution in [0, 0.1) is 11.7 Å². The van der Waals surface area contributed by atoms with Crippen molar-refractivity contribution in [2.45, 2.75) is 6.92 Å². The molecular formula is C9H13ClFN3. The van der Waals surface area contributed by atoms with Crippen molar-refractivity contribution < 1.29 is 4.39 Å². The van der Waals surface area contributed by atoms with Gasteiger partial charge in [-0.3, -0.25) is 0 Å². The Hall–Kier alpha value is -0.870. The van der Waals surface area contributed by atoms with Crippen molar-refractivity contribution in [2.24, 2.45) is 11.7 Å². The Balaban J connectivity index is 2.59. The fourth-order valence-corrected chi connectivity index (χ4v) is 1.04. The summed E-state index contributed by atoms with van der Waals surface area (Å²) >= 11 is 5.56. The minimum atomic E-state index is -0.443. The van der Waals surface area contributed by atoms with E-state index < -0.39 is 5.82 Å². The lowest BCUT2D eigenvalue weighted by molar-refractivity contribution is 0.604. The number of halogens is 2. The van der Waals surface area contributed by atoms with Gasteiger partial charge in [0.15, 0.2) is 11.6 Å². The van der Waals surface area contributed by atoms with Crippen molar-refractivity contribution in [3.63, 3.8) is 0 Å². The highest BCUT2D eigenvalue weighted by molar-refractivity contribution is 6.30. The molecule has 0 saturated heterocycles. The highest BCUT2D eigenvalue weighted by atomic mass is 35.5. The number of hydrogen-bond acceptors (Lipinski definition) is 3. The van der Waals surface area contributed by atoms with E-state index in [1.165, 1.54) is 12.3 Å². The van der Waals surface area contributed by atoms with E-state index in [4.69, 9.17) is 17.3 Å². The number of nitrogens with one attached hydrogen (secondary N) is 1. The van der Waals surface area contributed by atoms with E-state index in [-0.39, 0.29) is 11.7 Å². The highest BCUT2D eigenvalue weighted by Crippen LogP contribution is 2.15. The fraction of sp³-hybridized carbons (Fsp3) is 0.444. The van der Waals surface area contributed by atoms with Crippen LogP contribution in [0.3, 0.4) is 0 Å². The van der Waals surface area contributed by atoms with Crippen molar-refractivity contribution in [3.05, 3.63) is 23.1 Å². The van der Waals surface area contributed by atoms with Crippen molar-refractivity contribution in [1.82, 2.24) is 4.98 Å². The SMILES string of the molecule is CC(CN)CNc1ncc(Cl)cc1F. The van der Waals surface area contributed by atoms with Gasteiger partial charge in [-0.2, -0.15) is 0 Å². The summed E-state index contributed by atoms with van der Waals surface area (Å²) in [5, 5.41) is 3.16. The molecule has 1 aromatic heterocycles. The topological polar surface area (TPSA) is 50.9 Å². The first kappa shape index (κ1) is 11.2. The number of aromatic nitrogens is 1. The van der Waals surface area contributed by atoms with Gasteiger partial charge < -0.3 is 11.1 Å². The Kier molecular flexibility index (Phi) is 4.10. The Morgan fingerprint density at radius 2 is 2.43 bits per heavy atom. The summed E-state index contributed by atoms with van der Waals surface area (Å²) in [5.41, 5.74) is 5.42. The standard InChI is InChI=1S/C9H13ClFN3/c1-6(3-12)4-13-9-8(11)2-7(10)5-14-9/h2,5-6H,3-4,12H2,1H3,(H,13,14). The zero-order valence-electron chi connectivity index (χ0n) is 7.93. The maximum absolute atomic E-state index is 13.2. The van der Waals surface area contributed by atoms with Crippen LogP contribution in [0.4, 0.5) is 10.2 Å². The van der Waals surface area contributed by atoms with Crippen LogP contribution >= 0.6 is 11.6 Å². The zero-order valence-corrected chi connectivity index (χ0v) is 8.68. The highest BCUT2D eigenvalue weighted by Gasteiger charge is 2.05. The van der Waals surface area contributed by atoms with Crippen LogP contribution in [0.15, 0.2) is 12.3 Å². The van der Waals surface area contributed by atoms with E-state index in [1.54, 1.807) is 0 Å². The normalized spacial score (nSPS) is 12.6. The number of anilines is 1. The van der Waals surface area contributed by atoms with Crippen LogP contribution in [0.5, 0.6) is 0 Å². The van der Waals surface area contributed by atoms with E-state index in [0.29, 0.717) is 18.1 Å². The van der Waals surface area contributed by atoms with Gasteiger partial charge in [0, 0.05) is 12.7 Å². The second kappa shape index (κ2) is 5.12. The minimum absolute atomic E-state index is 0.217. The maximum Gasteiger partial charge on any atom is 0.166 e. The first-order chi connectivity index (χ1) is 6.63. The minimum Gasteiger partial charge on any atom is -0.367 e. The molecule has 1 heterocycles. The first-order valence-electron chi connectivity index (χ1n) is 4.38. The molecule has 0 amide bonds. The Morgan fingerprint density at radius 1 is 1.71 bits per heavy atom. The van der Waals surface area contributed by atoms with Gasteiger partial charge >= 0.3 is 0 Å². The molecule has 3 N–H and O–H groups in total. The second-order valence-electron chi connectivity index (χ2n) is 3.21. The van der Waals surface area contributed by atoms with E-state index >= 15 is 0 Å². The molecule has 0 bridgehead atoms. The van der Waals surface area contributed by atoms with Crippen LogP contribution in [0.1, 0.15) is 6.92 Å². The summed E-state index contributed by atoms with van der Waals surface area (Å²) in [6, 6.07) is 1.23. The number of pyridine rings is 1. The lowest BCUT2D eigenvalue weighted by Crippen LogP contribution is -2.20. The van der Waals surface area contributed by atoms with Gasteiger partial charge in [0.1, 0.15) is 0 Å². The lowest BCUT2D eigenvalue weighted by Gasteiger charge is -2.10. The third-order valence-corrected chi connectivity index (χ3v) is 2.03. The van der Waals surface area contributed by atoms with Gasteiger partial charge in [-0.05, 0) is 18.5 Å². The van der Waals surface area contributed by atoms with Gasteiger partial charge in [0.25, 0.3) is 0 Å². The molecule has 0 fully saturated rings. The van der Waals surface area contributed by atoms with Crippen molar-refractivity contribution in [1.29, 1.82) is 0 Å². The molecular weight excluding hydrogens is 205 g/mol. The first-order valence-corrected chi connectivity index (χ1v) is 4.76. The summed E-state index contributed by atoms with van der Waals surface area (Å²) in [6.07, 6.45) is 1.40. The molecule has 5 heteroatoms. The Labute approximate surface area is 87.5 Å². The van der Waals surface area contributed by atoms with E-state index in [2.05, 4.69) is 10.3 Å². The number of nitrogens with zero attached hydrogens (tertiary/aromatic N) is 1. The van der Waals surface area contributed by atoms with E-state index in [9.17, 15) is 4.39 Å². The molecule has 1 unspecified atom stereocenters. The van der Waals surface area contributed by atoms with Crippen molar-refractivity contribution in [2.75, 3.05) is 18.4 Å². The molecule has 3 nitrogen and oxygen atoms in total. The van der Waals surface area contributed by atoms with Crippen molar-refractivity contribution in [3.8, 4) is 0 Å². The van der Waals surface area contributed by atoms with Gasteiger partial charge in [0.2, 0.25) is 0 Å². The van der Waals surface area contributed by atoms with Crippen LogP contribution in [-0.2, 0) is 0 Å². The van der Waals surface area contributed by atoms with Crippen LogP contribution < -0.4 is 11.1 Å². The molecule has 0 aromatic carbocycles. The molecule has 0 aliphatic rings. The largest absolute Gasteiger partial charge is 0.367 e. The van der Waals surface area contributed by atoms with Gasteiger partial charge in [0.05, 0.1) is 5.02 Å². The predicted molar refractivity (Wildman–Crippen MR) is 55.9 cm³/mol. The molecule has 0 saturated carbocycles. The van der Waals surface area contributed by atoms with Gasteiger partial charge in [-0.25, -0.2) is 9.37 Å². The summed E-state index contributed by atoms with van der Waals surface area (Å²) in [7, 11) is 0. The third kappa shape index (κ3) is 3.12. The summed E-state index contributed by atoms with van der Waals surface area (Å²) < 4.78 is 13.2. The smallest absolute Gasteiger partial charge is 0.166 e. The third-order valence-electron chi connectivity index (χ3n) is 1.83. The zero-order chi connectivity index (χ0) is 10.6. The molecule has 1 rings (SSSR count). The summed E-state index contributed by atoms with van der Waals surface area (Å²) in [4.78, 5) is 3.83. The molecule has 0 spiro atoms. The fourth-order valence-electron chi connectivity index (χ4n) is 0.899. The summed E-state index contributed by atoms with van der Waals surface area (Å²) in [5.74, 6) is 0.0586. The number of hydrogen-bond donors (Lipinski definition) is 2. The van der Waals surface area contributed by atoms with Crippen LogP contribution in [0.2, 0.25) is 5.02 Å². The quantitative estimate of drug-likeness (QED) is 0.810. The average molecular weight is 218 g/mol. The molecule has 78 valence electrons. The second-order valence-corrected chi connectivity index (χ2v) is 3.64.